The molecule has 0 spiro atoms. The van der Waals surface area contributed by atoms with Crippen LogP contribution in [0.3, 0.4) is 0 Å². The third-order valence-electron chi connectivity index (χ3n) is 4.59. The van der Waals surface area contributed by atoms with Gasteiger partial charge in [-0.2, -0.15) is 0 Å². The number of fused-ring (bicyclic) bond motifs is 1. The molecule has 0 bridgehead atoms. The van der Waals surface area contributed by atoms with Crippen LogP contribution >= 0.6 is 11.3 Å². The zero-order valence-corrected chi connectivity index (χ0v) is 14.6. The maximum Gasteiger partial charge on any atom is 0.257 e. The Balaban J connectivity index is 1.44. The minimum atomic E-state index is -0.114. The van der Waals surface area contributed by atoms with Crippen molar-refractivity contribution in [3.63, 3.8) is 0 Å². The van der Waals surface area contributed by atoms with Gasteiger partial charge in [0.15, 0.2) is 5.13 Å². The van der Waals surface area contributed by atoms with E-state index in [9.17, 15) is 9.59 Å². The lowest BCUT2D eigenvalue weighted by atomic mass is 10.1. The van der Waals surface area contributed by atoms with E-state index in [4.69, 9.17) is 0 Å². The van der Waals surface area contributed by atoms with Crippen LogP contribution in [0.2, 0.25) is 0 Å². The van der Waals surface area contributed by atoms with Crippen molar-refractivity contribution < 1.29 is 4.79 Å². The third-order valence-corrected chi connectivity index (χ3v) is 5.28. The first-order chi connectivity index (χ1) is 12.2. The molecule has 25 heavy (non-hydrogen) atoms. The quantitative estimate of drug-likeness (QED) is 0.838. The minimum absolute atomic E-state index is 0.0862. The van der Waals surface area contributed by atoms with E-state index < -0.39 is 0 Å². The van der Waals surface area contributed by atoms with E-state index in [1.165, 1.54) is 11.3 Å². The first-order valence-corrected chi connectivity index (χ1v) is 9.36. The summed E-state index contributed by atoms with van der Waals surface area (Å²) in [6.45, 7) is 3.30. The Morgan fingerprint density at radius 1 is 1.32 bits per heavy atom. The van der Waals surface area contributed by atoms with Crippen LogP contribution < -0.4 is 15.8 Å². The van der Waals surface area contributed by atoms with E-state index in [2.05, 4.69) is 25.2 Å². The molecule has 2 N–H and O–H groups in total. The summed E-state index contributed by atoms with van der Waals surface area (Å²) in [6.07, 6.45) is 4.62. The van der Waals surface area contributed by atoms with Gasteiger partial charge in [0.1, 0.15) is 0 Å². The molecule has 2 aromatic heterocycles. The number of hydrogen-bond acceptors (Lipinski definition) is 7. The molecular formula is C16H20N6O2S. The van der Waals surface area contributed by atoms with Crippen molar-refractivity contribution in [3.05, 3.63) is 33.2 Å². The number of anilines is 2. The Hall–Kier alpha value is -2.26. The molecule has 1 saturated heterocycles. The molecule has 2 aliphatic heterocycles. The van der Waals surface area contributed by atoms with E-state index in [1.54, 1.807) is 6.20 Å². The van der Waals surface area contributed by atoms with Crippen LogP contribution in [-0.4, -0.2) is 51.9 Å². The first kappa shape index (κ1) is 16.2. The third kappa shape index (κ3) is 3.57. The molecule has 0 saturated carbocycles. The Bertz CT molecular complexity index is 813. The van der Waals surface area contributed by atoms with E-state index in [-0.39, 0.29) is 18.0 Å². The maximum absolute atomic E-state index is 12.5. The van der Waals surface area contributed by atoms with Crippen molar-refractivity contribution in [1.29, 1.82) is 0 Å². The van der Waals surface area contributed by atoms with Crippen LogP contribution in [0, 0.1) is 0 Å². The zero-order valence-electron chi connectivity index (χ0n) is 13.8. The summed E-state index contributed by atoms with van der Waals surface area (Å²) in [5.41, 5.74) is 1.45. The van der Waals surface area contributed by atoms with Crippen molar-refractivity contribution in [3.8, 4) is 0 Å². The standard InChI is InChI=1S/C16H20N6O2S/c23-13(19-16-17-4-8-25-16)10-21-7-3-12-11(9-21)14(24)20-15(18-12)22-5-1-2-6-22/h4,8H,1-3,5-7,9-10H2,(H,17,19,23)(H,18,20,24). The summed E-state index contributed by atoms with van der Waals surface area (Å²) in [4.78, 5) is 40.3. The molecule has 0 aliphatic carbocycles. The first-order valence-electron chi connectivity index (χ1n) is 8.48. The summed E-state index contributed by atoms with van der Waals surface area (Å²) in [6, 6.07) is 0. The second-order valence-corrected chi connectivity index (χ2v) is 7.25. The number of rotatable bonds is 4. The fourth-order valence-electron chi connectivity index (χ4n) is 3.33. The van der Waals surface area contributed by atoms with Crippen LogP contribution in [0.15, 0.2) is 16.4 Å². The molecule has 0 unspecified atom stereocenters. The molecule has 0 aromatic carbocycles. The van der Waals surface area contributed by atoms with Crippen LogP contribution in [0.5, 0.6) is 0 Å². The molecule has 0 radical (unpaired) electrons. The Labute approximate surface area is 148 Å². The molecule has 4 heterocycles. The Morgan fingerprint density at radius 3 is 2.92 bits per heavy atom. The van der Waals surface area contributed by atoms with Gasteiger partial charge in [-0.25, -0.2) is 9.97 Å². The van der Waals surface area contributed by atoms with Gasteiger partial charge in [0, 0.05) is 44.2 Å². The normalized spacial score (nSPS) is 17.5. The van der Waals surface area contributed by atoms with Crippen LogP contribution in [0.1, 0.15) is 24.1 Å². The van der Waals surface area contributed by atoms with Gasteiger partial charge in [-0.3, -0.25) is 19.5 Å². The summed E-state index contributed by atoms with van der Waals surface area (Å²) in [7, 11) is 0. The molecule has 2 aliphatic rings. The monoisotopic (exact) mass is 360 g/mol. The number of hydrogen-bond donors (Lipinski definition) is 2. The Kier molecular flexibility index (Phi) is 4.50. The second-order valence-electron chi connectivity index (χ2n) is 6.36. The average molecular weight is 360 g/mol. The number of nitrogens with zero attached hydrogens (tertiary/aromatic N) is 4. The van der Waals surface area contributed by atoms with Gasteiger partial charge >= 0.3 is 0 Å². The SMILES string of the molecule is O=C(CN1CCc2nc(N3CCCC3)[nH]c(=O)c2C1)Nc1nccs1. The topological polar surface area (TPSA) is 94.2 Å². The van der Waals surface area contributed by atoms with Crippen molar-refractivity contribution in [1.82, 2.24) is 19.9 Å². The molecule has 0 atom stereocenters. The lowest BCUT2D eigenvalue weighted by molar-refractivity contribution is -0.117. The van der Waals surface area contributed by atoms with Crippen molar-refractivity contribution in [2.45, 2.75) is 25.8 Å². The number of H-pyrrole nitrogens is 1. The molecule has 9 heteroatoms. The molecule has 8 nitrogen and oxygen atoms in total. The number of aromatic nitrogens is 3. The minimum Gasteiger partial charge on any atom is -0.342 e. The number of carbonyl (C=O) groups excluding carboxylic acids is 1. The number of nitrogens with one attached hydrogen (secondary N) is 2. The van der Waals surface area contributed by atoms with Gasteiger partial charge in [0.2, 0.25) is 11.9 Å². The molecule has 4 rings (SSSR count). The maximum atomic E-state index is 12.5. The fourth-order valence-corrected chi connectivity index (χ4v) is 3.87. The number of aromatic amines is 1. The number of amides is 1. The van der Waals surface area contributed by atoms with Crippen LogP contribution in [0.4, 0.5) is 11.1 Å². The largest absolute Gasteiger partial charge is 0.342 e. The van der Waals surface area contributed by atoms with Gasteiger partial charge in [0.25, 0.3) is 5.56 Å². The van der Waals surface area contributed by atoms with Crippen molar-refractivity contribution in [2.24, 2.45) is 0 Å². The predicted octanol–water partition coefficient (Wildman–Crippen LogP) is 0.823. The van der Waals surface area contributed by atoms with Crippen LogP contribution in [-0.2, 0) is 17.8 Å². The highest BCUT2D eigenvalue weighted by Crippen LogP contribution is 2.19. The zero-order chi connectivity index (χ0) is 17.2. The summed E-state index contributed by atoms with van der Waals surface area (Å²) < 4.78 is 0. The van der Waals surface area contributed by atoms with E-state index >= 15 is 0 Å². The van der Waals surface area contributed by atoms with Crippen molar-refractivity contribution >= 4 is 28.3 Å². The van der Waals surface area contributed by atoms with Gasteiger partial charge in [0.05, 0.1) is 17.8 Å². The Morgan fingerprint density at radius 2 is 2.16 bits per heavy atom. The molecule has 1 fully saturated rings. The lowest BCUT2D eigenvalue weighted by Gasteiger charge is -2.27. The second kappa shape index (κ2) is 6.93. The predicted molar refractivity (Wildman–Crippen MR) is 96.0 cm³/mol. The molecule has 1 amide bonds. The van der Waals surface area contributed by atoms with Gasteiger partial charge < -0.3 is 10.2 Å². The highest BCUT2D eigenvalue weighted by Gasteiger charge is 2.24. The van der Waals surface area contributed by atoms with Crippen molar-refractivity contribution in [2.75, 3.05) is 36.4 Å². The average Bonchev–Trinajstić information content (AvgIpc) is 3.28. The van der Waals surface area contributed by atoms with E-state index in [0.717, 1.165) is 31.6 Å². The van der Waals surface area contributed by atoms with Crippen LogP contribution in [0.25, 0.3) is 0 Å². The van der Waals surface area contributed by atoms with Gasteiger partial charge in [-0.15, -0.1) is 11.3 Å². The van der Waals surface area contributed by atoms with E-state index in [1.807, 2.05) is 10.3 Å². The smallest absolute Gasteiger partial charge is 0.257 e. The van der Waals surface area contributed by atoms with E-state index in [0.29, 0.717) is 36.2 Å². The summed E-state index contributed by atoms with van der Waals surface area (Å²) in [5.74, 6) is 0.577. The number of carbonyl (C=O) groups is 1. The highest BCUT2D eigenvalue weighted by atomic mass is 32.1. The fraction of sp³-hybridized carbons (Fsp3) is 0.500. The molecule has 132 valence electrons. The number of thiazole rings is 1. The summed E-state index contributed by atoms with van der Waals surface area (Å²) >= 11 is 1.39. The summed E-state index contributed by atoms with van der Waals surface area (Å²) in [5, 5.41) is 5.18. The lowest BCUT2D eigenvalue weighted by Crippen LogP contribution is -2.40. The highest BCUT2D eigenvalue weighted by molar-refractivity contribution is 7.13. The molecule has 2 aromatic rings. The van der Waals surface area contributed by atoms with Gasteiger partial charge in [-0.05, 0) is 12.8 Å². The molecular weight excluding hydrogens is 340 g/mol. The van der Waals surface area contributed by atoms with Gasteiger partial charge in [-0.1, -0.05) is 0 Å².